The third kappa shape index (κ3) is 4.17. The molecular formula is C21H19F2NO2S. The van der Waals surface area contributed by atoms with Gasteiger partial charge in [-0.1, -0.05) is 41.5 Å². The van der Waals surface area contributed by atoms with E-state index in [4.69, 9.17) is 0 Å². The van der Waals surface area contributed by atoms with Crippen LogP contribution in [0, 0.1) is 25.5 Å². The van der Waals surface area contributed by atoms with Gasteiger partial charge in [0.15, 0.2) is 0 Å². The van der Waals surface area contributed by atoms with Crippen LogP contribution in [0.3, 0.4) is 0 Å². The number of aryl methyl sites for hydroxylation is 2. The van der Waals surface area contributed by atoms with Crippen LogP contribution < -0.4 is 4.31 Å². The largest absolute Gasteiger partial charge is 0.264 e. The second-order valence-electron chi connectivity index (χ2n) is 6.40. The minimum Gasteiger partial charge on any atom is -0.262 e. The van der Waals surface area contributed by atoms with Crippen molar-refractivity contribution in [1.29, 1.82) is 0 Å². The van der Waals surface area contributed by atoms with Gasteiger partial charge in [-0.2, -0.15) is 0 Å². The highest BCUT2D eigenvalue weighted by atomic mass is 32.2. The molecule has 27 heavy (non-hydrogen) atoms. The predicted molar refractivity (Wildman–Crippen MR) is 102 cm³/mol. The fourth-order valence-corrected chi connectivity index (χ4v) is 4.11. The lowest BCUT2D eigenvalue weighted by Gasteiger charge is -2.25. The molecule has 0 radical (unpaired) electrons. The van der Waals surface area contributed by atoms with Crippen LogP contribution in [0.2, 0.25) is 0 Å². The number of hydrogen-bond donors (Lipinski definition) is 0. The van der Waals surface area contributed by atoms with Gasteiger partial charge in [0.1, 0.15) is 11.6 Å². The molecule has 3 nitrogen and oxygen atoms in total. The fraction of sp³-hybridized carbons (Fsp3) is 0.143. The topological polar surface area (TPSA) is 37.4 Å². The van der Waals surface area contributed by atoms with Gasteiger partial charge in [0.05, 0.1) is 17.1 Å². The van der Waals surface area contributed by atoms with E-state index in [1.165, 1.54) is 18.2 Å². The van der Waals surface area contributed by atoms with Crippen LogP contribution in [0.1, 0.15) is 16.7 Å². The van der Waals surface area contributed by atoms with Crippen LogP contribution in [-0.2, 0) is 16.6 Å². The highest BCUT2D eigenvalue weighted by Gasteiger charge is 2.26. The van der Waals surface area contributed by atoms with Crippen molar-refractivity contribution in [2.24, 2.45) is 0 Å². The zero-order valence-corrected chi connectivity index (χ0v) is 15.8. The number of sulfonamides is 1. The van der Waals surface area contributed by atoms with Gasteiger partial charge in [-0.25, -0.2) is 17.2 Å². The van der Waals surface area contributed by atoms with Gasteiger partial charge < -0.3 is 0 Å². The molecule has 3 aromatic carbocycles. The van der Waals surface area contributed by atoms with E-state index in [9.17, 15) is 17.2 Å². The van der Waals surface area contributed by atoms with Gasteiger partial charge in [-0.3, -0.25) is 4.31 Å². The first-order chi connectivity index (χ1) is 12.8. The van der Waals surface area contributed by atoms with Gasteiger partial charge in [0.2, 0.25) is 0 Å². The lowest BCUT2D eigenvalue weighted by molar-refractivity contribution is 0.569. The summed E-state index contributed by atoms with van der Waals surface area (Å²) in [5, 5.41) is 0. The van der Waals surface area contributed by atoms with E-state index in [1.807, 2.05) is 13.8 Å². The van der Waals surface area contributed by atoms with E-state index in [1.54, 1.807) is 36.4 Å². The van der Waals surface area contributed by atoms with Crippen LogP contribution in [-0.4, -0.2) is 8.42 Å². The average Bonchev–Trinajstić information content (AvgIpc) is 2.62. The van der Waals surface area contributed by atoms with Crippen molar-refractivity contribution in [3.05, 3.63) is 95.1 Å². The van der Waals surface area contributed by atoms with Gasteiger partial charge >= 0.3 is 0 Å². The molecule has 0 aromatic heterocycles. The van der Waals surface area contributed by atoms with E-state index in [0.29, 0.717) is 5.69 Å². The maximum atomic E-state index is 14.2. The van der Waals surface area contributed by atoms with Gasteiger partial charge in [-0.05, 0) is 44.2 Å². The Kier molecular flexibility index (Phi) is 5.28. The maximum absolute atomic E-state index is 14.2. The first-order valence-electron chi connectivity index (χ1n) is 8.37. The molecule has 0 fully saturated rings. The molecule has 0 aliphatic rings. The van der Waals surface area contributed by atoms with Crippen molar-refractivity contribution in [2.75, 3.05) is 4.31 Å². The monoisotopic (exact) mass is 387 g/mol. The number of benzene rings is 3. The highest BCUT2D eigenvalue weighted by molar-refractivity contribution is 7.92. The molecule has 0 amide bonds. The molecule has 0 unspecified atom stereocenters. The van der Waals surface area contributed by atoms with Gasteiger partial charge in [0.25, 0.3) is 10.0 Å². The van der Waals surface area contributed by atoms with Crippen molar-refractivity contribution >= 4 is 15.7 Å². The fourth-order valence-electron chi connectivity index (χ4n) is 2.67. The molecule has 0 saturated heterocycles. The van der Waals surface area contributed by atoms with E-state index in [-0.39, 0.29) is 17.0 Å². The zero-order chi connectivity index (χ0) is 19.6. The summed E-state index contributed by atoms with van der Waals surface area (Å²) in [5.41, 5.74) is 2.40. The molecule has 0 N–H and O–H groups in total. The SMILES string of the molecule is Cc1ccc(N(Cc2ccc(F)cc2F)S(=O)(=O)c2ccc(C)cc2)cc1. The third-order valence-electron chi connectivity index (χ3n) is 4.26. The molecular weight excluding hydrogens is 368 g/mol. The summed E-state index contributed by atoms with van der Waals surface area (Å²) in [7, 11) is -3.94. The van der Waals surface area contributed by atoms with Crippen LogP contribution >= 0.6 is 0 Å². The van der Waals surface area contributed by atoms with E-state index >= 15 is 0 Å². The van der Waals surface area contributed by atoms with Crippen molar-refractivity contribution in [2.45, 2.75) is 25.3 Å². The number of nitrogens with zero attached hydrogens (tertiary/aromatic N) is 1. The Bertz CT molecular complexity index is 1050. The van der Waals surface area contributed by atoms with Crippen LogP contribution in [0.4, 0.5) is 14.5 Å². The molecule has 0 bridgehead atoms. The molecule has 0 heterocycles. The van der Waals surface area contributed by atoms with Crippen molar-refractivity contribution < 1.29 is 17.2 Å². The minimum absolute atomic E-state index is 0.0904. The Labute approximate surface area is 157 Å². The third-order valence-corrected chi connectivity index (χ3v) is 6.05. The first kappa shape index (κ1) is 19.0. The van der Waals surface area contributed by atoms with Crippen molar-refractivity contribution in [3.63, 3.8) is 0 Å². The van der Waals surface area contributed by atoms with E-state index in [2.05, 4.69) is 0 Å². The number of rotatable bonds is 5. The van der Waals surface area contributed by atoms with Crippen molar-refractivity contribution in [1.82, 2.24) is 0 Å². The van der Waals surface area contributed by atoms with Crippen molar-refractivity contribution in [3.8, 4) is 0 Å². The lowest BCUT2D eigenvalue weighted by atomic mass is 10.2. The standard InChI is InChI=1S/C21H19F2NO2S/c1-15-3-9-19(10-4-15)24(14-17-7-8-18(22)13-21(17)23)27(25,26)20-11-5-16(2)6-12-20/h3-13H,14H2,1-2H3. The molecule has 140 valence electrons. The minimum atomic E-state index is -3.94. The molecule has 0 spiro atoms. The van der Waals surface area contributed by atoms with Gasteiger partial charge in [0, 0.05) is 11.6 Å². The molecule has 0 atom stereocenters. The van der Waals surface area contributed by atoms with Crippen LogP contribution in [0.5, 0.6) is 0 Å². The molecule has 3 aromatic rings. The summed E-state index contributed by atoms with van der Waals surface area (Å²) in [5.74, 6) is -1.49. The summed E-state index contributed by atoms with van der Waals surface area (Å²) in [4.78, 5) is 0.108. The van der Waals surface area contributed by atoms with Crippen LogP contribution in [0.25, 0.3) is 0 Å². The number of anilines is 1. The quantitative estimate of drug-likeness (QED) is 0.619. The lowest BCUT2D eigenvalue weighted by Crippen LogP contribution is -2.31. The Morgan fingerprint density at radius 1 is 0.815 bits per heavy atom. The first-order valence-corrected chi connectivity index (χ1v) is 9.81. The molecule has 6 heteroatoms. The molecule has 3 rings (SSSR count). The molecule has 0 saturated carbocycles. The summed E-state index contributed by atoms with van der Waals surface area (Å²) in [6.07, 6.45) is 0. The normalized spacial score (nSPS) is 11.4. The molecule has 0 aliphatic heterocycles. The predicted octanol–water partition coefficient (Wildman–Crippen LogP) is 4.98. The van der Waals surface area contributed by atoms with Gasteiger partial charge in [-0.15, -0.1) is 0 Å². The van der Waals surface area contributed by atoms with Crippen LogP contribution in [0.15, 0.2) is 71.6 Å². The summed E-state index contributed by atoms with van der Waals surface area (Å²) < 4.78 is 55.0. The van der Waals surface area contributed by atoms with E-state index in [0.717, 1.165) is 27.6 Å². The summed E-state index contributed by atoms with van der Waals surface area (Å²) >= 11 is 0. The highest BCUT2D eigenvalue weighted by Crippen LogP contribution is 2.27. The average molecular weight is 387 g/mol. The molecule has 0 aliphatic carbocycles. The second-order valence-corrected chi connectivity index (χ2v) is 8.26. The Hall–Kier alpha value is -2.73. The Morgan fingerprint density at radius 2 is 1.37 bits per heavy atom. The number of hydrogen-bond acceptors (Lipinski definition) is 2. The Morgan fingerprint density at radius 3 is 1.93 bits per heavy atom. The second kappa shape index (κ2) is 7.48. The zero-order valence-electron chi connectivity index (χ0n) is 15.0. The maximum Gasteiger partial charge on any atom is 0.264 e. The summed E-state index contributed by atoms with van der Waals surface area (Å²) in [6.45, 7) is 3.51. The summed E-state index contributed by atoms with van der Waals surface area (Å²) in [6, 6.07) is 16.5. The smallest absolute Gasteiger partial charge is 0.262 e. The number of halogens is 2. The van der Waals surface area contributed by atoms with E-state index < -0.39 is 21.7 Å². The Balaban J connectivity index is 2.09.